The topological polar surface area (TPSA) is 35.8 Å². The summed E-state index contributed by atoms with van der Waals surface area (Å²) in [5.74, 6) is -0.692. The highest BCUT2D eigenvalue weighted by Crippen LogP contribution is 2.21. The van der Waals surface area contributed by atoms with Crippen molar-refractivity contribution in [2.45, 2.75) is 20.4 Å². The van der Waals surface area contributed by atoms with Crippen LogP contribution in [0.4, 0.5) is 14.5 Å². The molecule has 2 nitrogen and oxygen atoms in total. The van der Waals surface area contributed by atoms with Gasteiger partial charge >= 0.3 is 0 Å². The Morgan fingerprint density at radius 3 is 2.55 bits per heavy atom. The van der Waals surface area contributed by atoms with E-state index >= 15 is 0 Å². The van der Waals surface area contributed by atoms with Crippen molar-refractivity contribution in [3.05, 3.63) is 64.2 Å². The molecule has 0 heterocycles. The highest BCUT2D eigenvalue weighted by Gasteiger charge is 2.07. The number of hydrogen-bond donors (Lipinski definition) is 1. The highest BCUT2D eigenvalue weighted by atomic mass is 19.1. The second-order valence-corrected chi connectivity index (χ2v) is 4.67. The van der Waals surface area contributed by atoms with Gasteiger partial charge in [-0.15, -0.1) is 0 Å². The Kier molecular flexibility index (Phi) is 3.99. The SMILES string of the molecule is Cc1cc(F)ccc1CNc1cc(C#N)cc(F)c1C. The van der Waals surface area contributed by atoms with Crippen LogP contribution in [0.25, 0.3) is 0 Å². The van der Waals surface area contributed by atoms with Gasteiger partial charge in [0.1, 0.15) is 11.6 Å². The van der Waals surface area contributed by atoms with Gasteiger partial charge in [-0.1, -0.05) is 6.07 Å². The van der Waals surface area contributed by atoms with Gasteiger partial charge in [-0.05, 0) is 49.2 Å². The van der Waals surface area contributed by atoms with Crippen molar-refractivity contribution in [1.29, 1.82) is 5.26 Å². The van der Waals surface area contributed by atoms with Crippen molar-refractivity contribution in [2.75, 3.05) is 5.32 Å². The predicted octanol–water partition coefficient (Wildman–Crippen LogP) is 4.07. The molecule has 2 aromatic carbocycles. The van der Waals surface area contributed by atoms with Gasteiger partial charge in [0, 0.05) is 17.8 Å². The molecule has 0 saturated heterocycles. The van der Waals surface area contributed by atoms with Gasteiger partial charge in [0.05, 0.1) is 11.6 Å². The molecule has 0 bridgehead atoms. The second-order valence-electron chi connectivity index (χ2n) is 4.67. The molecule has 0 unspecified atom stereocenters. The molecule has 0 atom stereocenters. The van der Waals surface area contributed by atoms with Crippen LogP contribution in [0.5, 0.6) is 0 Å². The van der Waals surface area contributed by atoms with Crippen molar-refractivity contribution >= 4 is 5.69 Å². The maximum absolute atomic E-state index is 13.6. The summed E-state index contributed by atoms with van der Waals surface area (Å²) in [6.07, 6.45) is 0. The van der Waals surface area contributed by atoms with Crippen LogP contribution in [0, 0.1) is 36.8 Å². The van der Waals surface area contributed by atoms with Crippen molar-refractivity contribution in [1.82, 2.24) is 0 Å². The Balaban J connectivity index is 2.23. The van der Waals surface area contributed by atoms with E-state index in [1.165, 1.54) is 18.2 Å². The van der Waals surface area contributed by atoms with E-state index in [1.807, 2.05) is 13.0 Å². The predicted molar refractivity (Wildman–Crippen MR) is 74.3 cm³/mol. The maximum Gasteiger partial charge on any atom is 0.129 e. The van der Waals surface area contributed by atoms with Gasteiger partial charge in [-0.25, -0.2) is 8.78 Å². The minimum absolute atomic E-state index is 0.270. The lowest BCUT2D eigenvalue weighted by atomic mass is 10.1. The lowest BCUT2D eigenvalue weighted by Gasteiger charge is -2.12. The number of anilines is 1. The fourth-order valence-electron chi connectivity index (χ4n) is 1.98. The average molecular weight is 272 g/mol. The number of nitrogens with one attached hydrogen (secondary N) is 1. The summed E-state index contributed by atoms with van der Waals surface area (Å²) in [6, 6.07) is 9.28. The lowest BCUT2D eigenvalue weighted by molar-refractivity contribution is 0.618. The summed E-state index contributed by atoms with van der Waals surface area (Å²) >= 11 is 0. The molecule has 4 heteroatoms. The van der Waals surface area contributed by atoms with Crippen molar-refractivity contribution in [2.24, 2.45) is 0 Å². The molecule has 0 spiro atoms. The van der Waals surface area contributed by atoms with Crippen LogP contribution in [0.3, 0.4) is 0 Å². The Morgan fingerprint density at radius 1 is 1.15 bits per heavy atom. The van der Waals surface area contributed by atoms with E-state index in [4.69, 9.17) is 5.26 Å². The molecule has 0 radical (unpaired) electrons. The van der Waals surface area contributed by atoms with E-state index in [0.717, 1.165) is 11.1 Å². The zero-order valence-corrected chi connectivity index (χ0v) is 11.3. The van der Waals surface area contributed by atoms with E-state index in [1.54, 1.807) is 19.1 Å². The molecule has 0 saturated carbocycles. The molecule has 0 amide bonds. The fraction of sp³-hybridized carbons (Fsp3) is 0.188. The molecule has 0 fully saturated rings. The second kappa shape index (κ2) is 5.70. The Morgan fingerprint density at radius 2 is 1.90 bits per heavy atom. The molecule has 1 N–H and O–H groups in total. The standard InChI is InChI=1S/C16H14F2N2/c1-10-5-14(17)4-3-13(10)9-20-16-7-12(8-19)6-15(18)11(16)2/h3-7,20H,9H2,1-2H3. The fourth-order valence-corrected chi connectivity index (χ4v) is 1.98. The van der Waals surface area contributed by atoms with Crippen LogP contribution >= 0.6 is 0 Å². The van der Waals surface area contributed by atoms with Crippen LogP contribution in [-0.4, -0.2) is 0 Å². The Bertz CT molecular complexity index is 688. The van der Waals surface area contributed by atoms with E-state index < -0.39 is 5.82 Å². The Hall–Kier alpha value is -2.41. The van der Waals surface area contributed by atoms with Crippen LogP contribution in [0.15, 0.2) is 30.3 Å². The third-order valence-corrected chi connectivity index (χ3v) is 3.25. The first kappa shape index (κ1) is 14.0. The van der Waals surface area contributed by atoms with Gasteiger partial charge in [0.2, 0.25) is 0 Å². The van der Waals surface area contributed by atoms with Crippen molar-refractivity contribution in [3.63, 3.8) is 0 Å². The monoisotopic (exact) mass is 272 g/mol. The van der Waals surface area contributed by atoms with Crippen LogP contribution in [0.2, 0.25) is 0 Å². The van der Waals surface area contributed by atoms with Crippen molar-refractivity contribution in [3.8, 4) is 6.07 Å². The smallest absolute Gasteiger partial charge is 0.129 e. The zero-order chi connectivity index (χ0) is 14.7. The molecular formula is C16H14F2N2. The van der Waals surface area contributed by atoms with Gasteiger partial charge < -0.3 is 5.32 Å². The largest absolute Gasteiger partial charge is 0.381 e. The normalized spacial score (nSPS) is 10.2. The van der Waals surface area contributed by atoms with Crippen LogP contribution < -0.4 is 5.32 Å². The average Bonchev–Trinajstić information content (AvgIpc) is 2.41. The number of nitrogens with zero attached hydrogens (tertiary/aromatic N) is 1. The Labute approximate surface area is 116 Å². The molecule has 20 heavy (non-hydrogen) atoms. The molecule has 0 aliphatic carbocycles. The van der Waals surface area contributed by atoms with Gasteiger partial charge in [0.15, 0.2) is 0 Å². The summed E-state index contributed by atoms with van der Waals surface area (Å²) in [4.78, 5) is 0. The summed E-state index contributed by atoms with van der Waals surface area (Å²) in [5, 5.41) is 11.9. The quantitative estimate of drug-likeness (QED) is 0.914. The van der Waals surface area contributed by atoms with E-state index in [-0.39, 0.29) is 11.4 Å². The van der Waals surface area contributed by atoms with E-state index in [9.17, 15) is 8.78 Å². The first-order valence-corrected chi connectivity index (χ1v) is 6.20. The van der Waals surface area contributed by atoms with Crippen LogP contribution in [-0.2, 0) is 6.54 Å². The third-order valence-electron chi connectivity index (χ3n) is 3.25. The molecule has 0 aliphatic heterocycles. The zero-order valence-electron chi connectivity index (χ0n) is 11.3. The summed E-state index contributed by atoms with van der Waals surface area (Å²) in [7, 11) is 0. The first-order chi connectivity index (χ1) is 9.51. The van der Waals surface area contributed by atoms with Crippen molar-refractivity contribution < 1.29 is 8.78 Å². The molecule has 0 aliphatic rings. The highest BCUT2D eigenvalue weighted by molar-refractivity contribution is 5.56. The number of rotatable bonds is 3. The molecule has 0 aromatic heterocycles. The van der Waals surface area contributed by atoms with Gasteiger partial charge in [-0.3, -0.25) is 0 Å². The summed E-state index contributed by atoms with van der Waals surface area (Å²) in [5.41, 5.74) is 3.06. The molecule has 2 rings (SSSR count). The van der Waals surface area contributed by atoms with Crippen LogP contribution in [0.1, 0.15) is 22.3 Å². The van der Waals surface area contributed by atoms with Gasteiger partial charge in [-0.2, -0.15) is 5.26 Å². The molecular weight excluding hydrogens is 258 g/mol. The van der Waals surface area contributed by atoms with E-state index in [0.29, 0.717) is 17.8 Å². The maximum atomic E-state index is 13.6. The third kappa shape index (κ3) is 2.94. The molecule has 2 aromatic rings. The summed E-state index contributed by atoms with van der Waals surface area (Å²) < 4.78 is 26.7. The minimum atomic E-state index is -0.414. The first-order valence-electron chi connectivity index (χ1n) is 6.20. The minimum Gasteiger partial charge on any atom is -0.381 e. The number of hydrogen-bond acceptors (Lipinski definition) is 2. The van der Waals surface area contributed by atoms with Gasteiger partial charge in [0.25, 0.3) is 0 Å². The summed E-state index contributed by atoms with van der Waals surface area (Å²) in [6.45, 7) is 3.91. The van der Waals surface area contributed by atoms with E-state index in [2.05, 4.69) is 5.32 Å². The number of halogens is 2. The number of benzene rings is 2. The number of nitriles is 1. The number of aryl methyl sites for hydroxylation is 1. The lowest BCUT2D eigenvalue weighted by Crippen LogP contribution is -2.04. The molecule has 102 valence electrons.